The highest BCUT2D eigenvalue weighted by molar-refractivity contribution is 6.02. The quantitative estimate of drug-likeness (QED) is 0.614. The molecule has 0 atom stereocenters. The average molecular weight is 404 g/mol. The molecule has 0 radical (unpaired) electrons. The van der Waals surface area contributed by atoms with Crippen molar-refractivity contribution in [3.63, 3.8) is 0 Å². The second kappa shape index (κ2) is 7.33. The summed E-state index contributed by atoms with van der Waals surface area (Å²) in [6.45, 7) is 5.65. The Morgan fingerprint density at radius 1 is 1.20 bits per heavy atom. The molecule has 0 amide bonds. The number of Topliss-reactive ketones (excluding diaryl/α,β-unsaturated/α-hetero) is 1. The Morgan fingerprint density at radius 2 is 2.00 bits per heavy atom. The van der Waals surface area contributed by atoms with Gasteiger partial charge in [0.1, 0.15) is 0 Å². The summed E-state index contributed by atoms with van der Waals surface area (Å²) in [7, 11) is 0. The fourth-order valence-electron chi connectivity index (χ4n) is 3.58. The maximum absolute atomic E-state index is 12.8. The van der Waals surface area contributed by atoms with Crippen LogP contribution in [-0.2, 0) is 15.0 Å². The van der Waals surface area contributed by atoms with Crippen LogP contribution in [0.3, 0.4) is 0 Å². The zero-order valence-electron chi connectivity index (χ0n) is 17.2. The summed E-state index contributed by atoms with van der Waals surface area (Å²) >= 11 is 0. The van der Waals surface area contributed by atoms with E-state index >= 15 is 0 Å². The molecule has 0 bridgehead atoms. The molecule has 30 heavy (non-hydrogen) atoms. The van der Waals surface area contributed by atoms with Gasteiger partial charge in [-0.1, -0.05) is 6.07 Å². The summed E-state index contributed by atoms with van der Waals surface area (Å²) in [6.07, 6.45) is 3.98. The Morgan fingerprint density at radius 3 is 2.73 bits per heavy atom. The van der Waals surface area contributed by atoms with Crippen LogP contribution in [0.15, 0.2) is 59.6 Å². The number of aromatic nitrogens is 1. The number of anilines is 3. The van der Waals surface area contributed by atoms with Gasteiger partial charge in [0, 0.05) is 41.1 Å². The van der Waals surface area contributed by atoms with Crippen molar-refractivity contribution in [1.82, 2.24) is 4.98 Å². The fraction of sp³-hybridized carbons (Fsp3) is 0.261. The SMILES string of the molecule is Cc1cc(NC2=CC3=C(CNc4cc(C(C)(C)C(=O)O)ccc4N3)C(=O)C2)ccn1. The second-order valence-electron chi connectivity index (χ2n) is 8.14. The summed E-state index contributed by atoms with van der Waals surface area (Å²) in [5.74, 6) is -0.846. The Bertz CT molecular complexity index is 1120. The van der Waals surface area contributed by atoms with Crippen molar-refractivity contribution in [2.75, 3.05) is 22.5 Å². The van der Waals surface area contributed by atoms with E-state index in [0.29, 0.717) is 17.7 Å². The maximum atomic E-state index is 12.8. The molecule has 2 aromatic rings. The molecule has 1 aromatic heterocycles. The van der Waals surface area contributed by atoms with Crippen molar-refractivity contribution >= 4 is 28.8 Å². The third-order valence-electron chi connectivity index (χ3n) is 5.53. The number of fused-ring (bicyclic) bond motifs is 1. The van der Waals surface area contributed by atoms with Crippen molar-refractivity contribution in [2.45, 2.75) is 32.6 Å². The van der Waals surface area contributed by atoms with Gasteiger partial charge in [0.05, 0.1) is 23.2 Å². The molecule has 0 unspecified atom stereocenters. The molecule has 0 fully saturated rings. The van der Waals surface area contributed by atoms with Crippen LogP contribution in [-0.4, -0.2) is 28.4 Å². The number of carboxylic acids is 1. The number of hydrogen-bond donors (Lipinski definition) is 4. The van der Waals surface area contributed by atoms with Gasteiger partial charge >= 0.3 is 5.97 Å². The highest BCUT2D eigenvalue weighted by Crippen LogP contribution is 2.35. The number of pyridine rings is 1. The molecule has 4 N–H and O–H groups in total. The first kappa shape index (κ1) is 19.7. The van der Waals surface area contributed by atoms with E-state index in [-0.39, 0.29) is 12.2 Å². The minimum absolute atomic E-state index is 0.0414. The van der Waals surface area contributed by atoms with Crippen molar-refractivity contribution in [2.24, 2.45) is 0 Å². The van der Waals surface area contributed by atoms with E-state index in [1.165, 1.54) is 0 Å². The summed E-state index contributed by atoms with van der Waals surface area (Å²) in [4.78, 5) is 28.6. The van der Waals surface area contributed by atoms with Gasteiger partial charge in [-0.3, -0.25) is 14.6 Å². The van der Waals surface area contributed by atoms with Gasteiger partial charge in [-0.05, 0) is 56.7 Å². The zero-order valence-corrected chi connectivity index (χ0v) is 17.2. The molecule has 1 aliphatic carbocycles. The van der Waals surface area contributed by atoms with Crippen molar-refractivity contribution < 1.29 is 14.7 Å². The molecule has 7 heteroatoms. The van der Waals surface area contributed by atoms with Crippen LogP contribution >= 0.6 is 0 Å². The summed E-state index contributed by atoms with van der Waals surface area (Å²) < 4.78 is 0. The number of allylic oxidation sites excluding steroid dienone is 2. The summed E-state index contributed by atoms with van der Waals surface area (Å²) in [6, 6.07) is 9.29. The van der Waals surface area contributed by atoms with Crippen LogP contribution in [0.1, 0.15) is 31.5 Å². The van der Waals surface area contributed by atoms with Crippen molar-refractivity contribution in [3.05, 3.63) is 70.8 Å². The van der Waals surface area contributed by atoms with Gasteiger partial charge in [-0.25, -0.2) is 0 Å². The van der Waals surface area contributed by atoms with E-state index in [4.69, 9.17) is 0 Å². The van der Waals surface area contributed by atoms with Gasteiger partial charge in [0.15, 0.2) is 5.78 Å². The number of aryl methyl sites for hydroxylation is 1. The number of carbonyl (C=O) groups excluding carboxylic acids is 1. The van der Waals surface area contributed by atoms with E-state index < -0.39 is 11.4 Å². The van der Waals surface area contributed by atoms with Crippen molar-refractivity contribution in [3.8, 4) is 0 Å². The second-order valence-corrected chi connectivity index (χ2v) is 8.14. The van der Waals surface area contributed by atoms with E-state index in [9.17, 15) is 14.7 Å². The normalized spacial score (nSPS) is 15.8. The van der Waals surface area contributed by atoms with Crippen molar-refractivity contribution in [1.29, 1.82) is 0 Å². The Balaban J connectivity index is 1.63. The predicted octanol–water partition coefficient (Wildman–Crippen LogP) is 3.81. The van der Waals surface area contributed by atoms with E-state index in [1.807, 2.05) is 37.3 Å². The fourth-order valence-corrected chi connectivity index (χ4v) is 3.58. The van der Waals surface area contributed by atoms with Crippen LogP contribution < -0.4 is 16.0 Å². The predicted molar refractivity (Wildman–Crippen MR) is 117 cm³/mol. The van der Waals surface area contributed by atoms with Gasteiger partial charge in [0.2, 0.25) is 0 Å². The number of aliphatic carboxylic acids is 1. The van der Waals surface area contributed by atoms with Crippen LogP contribution in [0.2, 0.25) is 0 Å². The number of ketones is 1. The monoisotopic (exact) mass is 404 g/mol. The number of nitrogens with zero attached hydrogens (tertiary/aromatic N) is 1. The standard InChI is InChI=1S/C23H24N4O3/c1-13-8-15(6-7-24-13)26-16-10-19-17(21(28)11-16)12-25-20-9-14(4-5-18(20)27-19)23(2,3)22(29)30/h4-10,25,27H,11-12H2,1-3H3,(H,24,26)(H,29,30). The summed E-state index contributed by atoms with van der Waals surface area (Å²) in [5, 5.41) is 19.5. The average Bonchev–Trinajstić information content (AvgIpc) is 2.86. The van der Waals surface area contributed by atoms with E-state index in [1.54, 1.807) is 26.1 Å². The zero-order chi connectivity index (χ0) is 21.5. The molecule has 1 aliphatic heterocycles. The lowest BCUT2D eigenvalue weighted by atomic mass is 9.84. The Kier molecular flexibility index (Phi) is 4.81. The number of nitrogens with one attached hydrogen (secondary N) is 3. The summed E-state index contributed by atoms with van der Waals surface area (Å²) in [5.41, 5.74) is 5.28. The van der Waals surface area contributed by atoms with E-state index in [0.717, 1.165) is 34.2 Å². The number of rotatable bonds is 4. The van der Waals surface area contributed by atoms with Crippen LogP contribution in [0.5, 0.6) is 0 Å². The molecular weight excluding hydrogens is 380 g/mol. The Hall–Kier alpha value is -3.61. The minimum Gasteiger partial charge on any atom is -0.481 e. The minimum atomic E-state index is -1.01. The molecule has 2 aliphatic rings. The number of benzene rings is 1. The highest BCUT2D eigenvalue weighted by atomic mass is 16.4. The molecule has 0 saturated carbocycles. The number of carboxylic acid groups (broad SMARTS) is 1. The lowest BCUT2D eigenvalue weighted by Gasteiger charge is -2.22. The molecular formula is C23H24N4O3. The largest absolute Gasteiger partial charge is 0.481 e. The van der Waals surface area contributed by atoms with Gasteiger partial charge in [-0.2, -0.15) is 0 Å². The van der Waals surface area contributed by atoms with E-state index in [2.05, 4.69) is 20.9 Å². The molecule has 0 saturated heterocycles. The van der Waals surface area contributed by atoms with Gasteiger partial charge in [0.25, 0.3) is 0 Å². The van der Waals surface area contributed by atoms with Crippen LogP contribution in [0, 0.1) is 6.92 Å². The molecule has 2 heterocycles. The molecule has 1 aromatic carbocycles. The number of carbonyl (C=O) groups is 2. The third kappa shape index (κ3) is 3.66. The van der Waals surface area contributed by atoms with Gasteiger partial charge in [-0.15, -0.1) is 0 Å². The highest BCUT2D eigenvalue weighted by Gasteiger charge is 2.31. The lowest BCUT2D eigenvalue weighted by Crippen LogP contribution is -2.28. The molecule has 4 rings (SSSR count). The lowest BCUT2D eigenvalue weighted by molar-refractivity contribution is -0.142. The first-order chi connectivity index (χ1) is 14.2. The molecule has 154 valence electrons. The first-order valence-electron chi connectivity index (χ1n) is 9.79. The molecule has 7 nitrogen and oxygen atoms in total. The number of hydrogen-bond acceptors (Lipinski definition) is 6. The Labute approximate surface area is 174 Å². The molecule has 0 spiro atoms. The topological polar surface area (TPSA) is 103 Å². The smallest absolute Gasteiger partial charge is 0.313 e. The van der Waals surface area contributed by atoms with Gasteiger partial charge < -0.3 is 21.1 Å². The van der Waals surface area contributed by atoms with Crippen LogP contribution in [0.4, 0.5) is 17.1 Å². The van der Waals surface area contributed by atoms with Crippen LogP contribution in [0.25, 0.3) is 0 Å². The first-order valence-corrected chi connectivity index (χ1v) is 9.79. The third-order valence-corrected chi connectivity index (χ3v) is 5.53. The maximum Gasteiger partial charge on any atom is 0.313 e.